The molecule has 0 atom stereocenters. The number of nitrogens with zero attached hydrogens (tertiary/aromatic N) is 2. The van der Waals surface area contributed by atoms with Crippen LogP contribution in [0, 0.1) is 10.1 Å². The summed E-state index contributed by atoms with van der Waals surface area (Å²) < 4.78 is 4.66. The number of benzene rings is 1. The molecule has 0 radical (unpaired) electrons. The Morgan fingerprint density at radius 3 is 2.86 bits per heavy atom. The maximum atomic E-state index is 12.2. The highest BCUT2D eigenvalue weighted by Crippen LogP contribution is 2.22. The first-order valence-corrected chi connectivity index (χ1v) is 6.31. The monoisotopic (exact) mass is 290 g/mol. The molecule has 8 nitrogen and oxygen atoms in total. The zero-order chi connectivity index (χ0) is 15.2. The van der Waals surface area contributed by atoms with Crippen molar-refractivity contribution >= 4 is 17.3 Å². The number of nitrogens with one attached hydrogen (secondary N) is 2. The van der Waals surface area contributed by atoms with E-state index >= 15 is 0 Å². The van der Waals surface area contributed by atoms with E-state index in [1.807, 2.05) is 6.92 Å². The van der Waals surface area contributed by atoms with Crippen LogP contribution in [0.15, 0.2) is 35.1 Å². The fourth-order valence-corrected chi connectivity index (χ4v) is 1.77. The lowest BCUT2D eigenvalue weighted by Crippen LogP contribution is -2.24. The summed E-state index contributed by atoms with van der Waals surface area (Å²) in [6.45, 7) is 2.66. The molecule has 0 unspecified atom stereocenters. The second-order valence-corrected chi connectivity index (χ2v) is 4.19. The fourth-order valence-electron chi connectivity index (χ4n) is 1.77. The van der Waals surface area contributed by atoms with Crippen LogP contribution < -0.4 is 10.6 Å². The largest absolute Gasteiger partial charge is 0.385 e. The molecule has 0 saturated carbocycles. The molecule has 1 heterocycles. The molecule has 1 aromatic carbocycles. The summed E-state index contributed by atoms with van der Waals surface area (Å²) >= 11 is 0. The topological polar surface area (TPSA) is 110 Å². The Balaban J connectivity index is 2.20. The predicted octanol–water partition coefficient (Wildman–Crippen LogP) is 1.94. The number of hydrogen-bond donors (Lipinski definition) is 2. The van der Waals surface area contributed by atoms with E-state index in [0.29, 0.717) is 17.9 Å². The van der Waals surface area contributed by atoms with Crippen LogP contribution in [-0.2, 0) is 6.54 Å². The number of carbonyl (C=O) groups is 1. The molecule has 1 amide bonds. The Kier molecular flexibility index (Phi) is 4.50. The van der Waals surface area contributed by atoms with Crippen LogP contribution in [-0.4, -0.2) is 22.5 Å². The molecule has 0 spiro atoms. The van der Waals surface area contributed by atoms with Crippen LogP contribution in [0.5, 0.6) is 0 Å². The third-order valence-corrected chi connectivity index (χ3v) is 2.75. The van der Waals surface area contributed by atoms with Crippen molar-refractivity contribution in [3.05, 3.63) is 51.9 Å². The minimum Gasteiger partial charge on any atom is -0.385 e. The summed E-state index contributed by atoms with van der Waals surface area (Å²) in [6, 6.07) is 5.74. The SMILES string of the molecule is CCNc1ccc([N+](=O)[O-])cc1C(=O)NCc1ccon1. The summed E-state index contributed by atoms with van der Waals surface area (Å²) in [5.74, 6) is -0.419. The highest BCUT2D eigenvalue weighted by atomic mass is 16.6. The van der Waals surface area contributed by atoms with Crippen molar-refractivity contribution in [2.75, 3.05) is 11.9 Å². The van der Waals surface area contributed by atoms with Gasteiger partial charge in [-0.2, -0.15) is 0 Å². The highest BCUT2D eigenvalue weighted by molar-refractivity contribution is 6.00. The molecule has 0 saturated heterocycles. The van der Waals surface area contributed by atoms with Crippen molar-refractivity contribution in [1.82, 2.24) is 10.5 Å². The summed E-state index contributed by atoms with van der Waals surface area (Å²) in [4.78, 5) is 22.5. The molecule has 2 aromatic rings. The van der Waals surface area contributed by atoms with Crippen molar-refractivity contribution in [2.45, 2.75) is 13.5 Å². The number of nitro benzene ring substituents is 1. The first-order valence-electron chi connectivity index (χ1n) is 6.31. The molecule has 8 heteroatoms. The maximum Gasteiger partial charge on any atom is 0.270 e. The van der Waals surface area contributed by atoms with Crippen molar-refractivity contribution in [3.63, 3.8) is 0 Å². The van der Waals surface area contributed by atoms with E-state index in [0.717, 1.165) is 0 Å². The lowest BCUT2D eigenvalue weighted by molar-refractivity contribution is -0.384. The first kappa shape index (κ1) is 14.5. The third-order valence-electron chi connectivity index (χ3n) is 2.75. The second kappa shape index (κ2) is 6.51. The number of hydrogen-bond acceptors (Lipinski definition) is 6. The van der Waals surface area contributed by atoms with E-state index < -0.39 is 10.8 Å². The van der Waals surface area contributed by atoms with Gasteiger partial charge >= 0.3 is 0 Å². The standard InChI is InChI=1S/C13H14N4O4/c1-2-14-12-4-3-10(17(19)20)7-11(12)13(18)15-8-9-5-6-21-16-9/h3-7,14H,2,8H2,1H3,(H,15,18). The van der Waals surface area contributed by atoms with Gasteiger partial charge in [0.15, 0.2) is 0 Å². The van der Waals surface area contributed by atoms with Crippen LogP contribution in [0.1, 0.15) is 23.0 Å². The van der Waals surface area contributed by atoms with Crippen LogP contribution in [0.3, 0.4) is 0 Å². The van der Waals surface area contributed by atoms with Gasteiger partial charge in [0.1, 0.15) is 12.0 Å². The van der Waals surface area contributed by atoms with Crippen molar-refractivity contribution in [1.29, 1.82) is 0 Å². The minimum atomic E-state index is -0.538. The first-order chi connectivity index (χ1) is 10.1. The van der Waals surface area contributed by atoms with E-state index in [-0.39, 0.29) is 17.8 Å². The predicted molar refractivity (Wildman–Crippen MR) is 74.9 cm³/mol. The molecule has 2 rings (SSSR count). The Bertz CT molecular complexity index is 640. The smallest absolute Gasteiger partial charge is 0.270 e. The summed E-state index contributed by atoms with van der Waals surface area (Å²) in [6.07, 6.45) is 1.40. The maximum absolute atomic E-state index is 12.2. The number of aromatic nitrogens is 1. The molecule has 21 heavy (non-hydrogen) atoms. The number of non-ortho nitro benzene ring substituents is 1. The van der Waals surface area contributed by atoms with E-state index in [2.05, 4.69) is 20.3 Å². The quantitative estimate of drug-likeness (QED) is 0.621. The molecule has 110 valence electrons. The van der Waals surface area contributed by atoms with Gasteiger partial charge in [0.2, 0.25) is 0 Å². The number of carbonyl (C=O) groups excluding carboxylic acids is 1. The third kappa shape index (κ3) is 3.56. The van der Waals surface area contributed by atoms with Crippen LogP contribution in [0.4, 0.5) is 11.4 Å². The molecule has 2 N–H and O–H groups in total. The van der Waals surface area contributed by atoms with Crippen LogP contribution >= 0.6 is 0 Å². The number of nitro groups is 1. The lowest BCUT2D eigenvalue weighted by Gasteiger charge is -2.10. The minimum absolute atomic E-state index is 0.136. The summed E-state index contributed by atoms with van der Waals surface area (Å²) in [7, 11) is 0. The van der Waals surface area contributed by atoms with Crippen molar-refractivity contribution < 1.29 is 14.2 Å². The molecule has 0 aliphatic rings. The van der Waals surface area contributed by atoms with Gasteiger partial charge in [-0.15, -0.1) is 0 Å². The zero-order valence-electron chi connectivity index (χ0n) is 11.3. The Morgan fingerprint density at radius 1 is 1.43 bits per heavy atom. The zero-order valence-corrected chi connectivity index (χ0v) is 11.3. The van der Waals surface area contributed by atoms with E-state index in [9.17, 15) is 14.9 Å². The van der Waals surface area contributed by atoms with E-state index in [1.54, 1.807) is 6.07 Å². The van der Waals surface area contributed by atoms with Gasteiger partial charge in [0, 0.05) is 30.4 Å². The van der Waals surface area contributed by atoms with Crippen LogP contribution in [0.2, 0.25) is 0 Å². The van der Waals surface area contributed by atoms with Gasteiger partial charge in [0.05, 0.1) is 17.0 Å². The second-order valence-electron chi connectivity index (χ2n) is 4.19. The molecule has 1 aromatic heterocycles. The molecule has 0 fully saturated rings. The Labute approximate surface area is 120 Å². The van der Waals surface area contributed by atoms with Crippen LogP contribution in [0.25, 0.3) is 0 Å². The molecular formula is C13H14N4O4. The van der Waals surface area contributed by atoms with Gasteiger partial charge in [0.25, 0.3) is 11.6 Å². The van der Waals surface area contributed by atoms with Crippen molar-refractivity contribution in [3.8, 4) is 0 Å². The summed E-state index contributed by atoms with van der Waals surface area (Å²) in [5, 5.41) is 20.1. The number of anilines is 1. The van der Waals surface area contributed by atoms with Gasteiger partial charge in [-0.1, -0.05) is 5.16 Å². The summed E-state index contributed by atoms with van der Waals surface area (Å²) in [5.41, 5.74) is 1.19. The average molecular weight is 290 g/mol. The van der Waals surface area contributed by atoms with Gasteiger partial charge in [-0.05, 0) is 13.0 Å². The normalized spacial score (nSPS) is 10.1. The number of amides is 1. The van der Waals surface area contributed by atoms with Crippen molar-refractivity contribution in [2.24, 2.45) is 0 Å². The average Bonchev–Trinajstić information content (AvgIpc) is 2.98. The van der Waals surface area contributed by atoms with Gasteiger partial charge < -0.3 is 15.2 Å². The Morgan fingerprint density at radius 2 is 2.24 bits per heavy atom. The van der Waals surface area contributed by atoms with Gasteiger partial charge in [-0.3, -0.25) is 14.9 Å². The fraction of sp³-hybridized carbons (Fsp3) is 0.231. The van der Waals surface area contributed by atoms with E-state index in [4.69, 9.17) is 0 Å². The number of rotatable bonds is 6. The van der Waals surface area contributed by atoms with E-state index in [1.165, 1.54) is 24.5 Å². The Hall–Kier alpha value is -2.90. The molecule has 0 bridgehead atoms. The molecule has 0 aliphatic heterocycles. The lowest BCUT2D eigenvalue weighted by atomic mass is 10.1. The molecular weight excluding hydrogens is 276 g/mol. The molecule has 0 aliphatic carbocycles. The highest BCUT2D eigenvalue weighted by Gasteiger charge is 2.16. The van der Waals surface area contributed by atoms with Gasteiger partial charge in [-0.25, -0.2) is 0 Å².